The zero-order valence-corrected chi connectivity index (χ0v) is 12.9. The van der Waals surface area contributed by atoms with Gasteiger partial charge in [-0.3, -0.25) is 4.79 Å². The van der Waals surface area contributed by atoms with Crippen molar-refractivity contribution in [3.63, 3.8) is 0 Å². The molecule has 20 heavy (non-hydrogen) atoms. The van der Waals surface area contributed by atoms with E-state index >= 15 is 0 Å². The van der Waals surface area contributed by atoms with E-state index in [1.807, 2.05) is 4.90 Å². The molecule has 0 radical (unpaired) electrons. The van der Waals surface area contributed by atoms with E-state index in [9.17, 15) is 13.2 Å². The van der Waals surface area contributed by atoms with Crippen LogP contribution in [0.1, 0.15) is 32.1 Å². The first-order chi connectivity index (χ1) is 9.38. The molecule has 1 heterocycles. The van der Waals surface area contributed by atoms with Gasteiger partial charge in [0.15, 0.2) is 0 Å². The fourth-order valence-corrected chi connectivity index (χ4v) is 4.03. The van der Waals surface area contributed by atoms with Crippen molar-refractivity contribution in [1.29, 1.82) is 0 Å². The molecule has 1 aliphatic heterocycles. The van der Waals surface area contributed by atoms with E-state index in [0.29, 0.717) is 32.6 Å². The Bertz CT molecular complexity index is 452. The van der Waals surface area contributed by atoms with Crippen molar-refractivity contribution in [2.45, 2.75) is 38.1 Å². The van der Waals surface area contributed by atoms with Gasteiger partial charge in [-0.1, -0.05) is 6.42 Å². The molecule has 2 unspecified atom stereocenters. The Labute approximate surface area is 121 Å². The largest absolute Gasteiger partial charge is 0.341 e. The first kappa shape index (κ1) is 15.7. The van der Waals surface area contributed by atoms with Crippen LogP contribution in [0.5, 0.6) is 0 Å². The van der Waals surface area contributed by atoms with Gasteiger partial charge in [0.25, 0.3) is 0 Å². The minimum atomic E-state index is -3.16. The molecule has 2 N–H and O–H groups in total. The highest BCUT2D eigenvalue weighted by molar-refractivity contribution is 7.88. The molecule has 0 aromatic carbocycles. The lowest BCUT2D eigenvalue weighted by Crippen LogP contribution is -2.42. The molecule has 0 bridgehead atoms. The lowest BCUT2D eigenvalue weighted by atomic mass is 9.85. The summed E-state index contributed by atoms with van der Waals surface area (Å²) in [5, 5.41) is 0. The summed E-state index contributed by atoms with van der Waals surface area (Å²) in [4.78, 5) is 14.3. The third-order valence-electron chi connectivity index (χ3n) is 4.30. The Kier molecular flexibility index (Phi) is 5.04. The van der Waals surface area contributed by atoms with Gasteiger partial charge in [-0.15, -0.1) is 0 Å². The second kappa shape index (κ2) is 6.41. The maximum absolute atomic E-state index is 12.5. The van der Waals surface area contributed by atoms with Crippen molar-refractivity contribution in [3.8, 4) is 0 Å². The van der Waals surface area contributed by atoms with Crippen molar-refractivity contribution in [3.05, 3.63) is 0 Å². The molecule has 6 nitrogen and oxygen atoms in total. The third kappa shape index (κ3) is 3.93. The second-order valence-corrected chi connectivity index (χ2v) is 7.95. The zero-order chi connectivity index (χ0) is 14.8. The lowest BCUT2D eigenvalue weighted by Gasteiger charge is -2.30. The van der Waals surface area contributed by atoms with E-state index in [0.717, 1.165) is 25.7 Å². The van der Waals surface area contributed by atoms with Crippen LogP contribution in [0.15, 0.2) is 0 Å². The predicted molar refractivity (Wildman–Crippen MR) is 77.5 cm³/mol. The van der Waals surface area contributed by atoms with Crippen molar-refractivity contribution in [2.24, 2.45) is 11.7 Å². The van der Waals surface area contributed by atoms with E-state index < -0.39 is 10.0 Å². The van der Waals surface area contributed by atoms with Crippen LogP contribution in [-0.4, -0.2) is 62.0 Å². The summed E-state index contributed by atoms with van der Waals surface area (Å²) in [7, 11) is -3.16. The fourth-order valence-electron chi connectivity index (χ4n) is 3.16. The molecular formula is C13H25N3O3S. The van der Waals surface area contributed by atoms with Gasteiger partial charge in [-0.2, -0.15) is 0 Å². The molecule has 1 saturated heterocycles. The number of amides is 1. The predicted octanol–water partition coefficient (Wildman–Crippen LogP) is -0.00220. The zero-order valence-electron chi connectivity index (χ0n) is 12.1. The molecule has 116 valence electrons. The molecule has 2 atom stereocenters. The Morgan fingerprint density at radius 1 is 1.10 bits per heavy atom. The Balaban J connectivity index is 1.94. The number of nitrogens with zero attached hydrogens (tertiary/aromatic N) is 2. The molecule has 1 amide bonds. The minimum Gasteiger partial charge on any atom is -0.341 e. The van der Waals surface area contributed by atoms with Gasteiger partial charge < -0.3 is 10.6 Å². The summed E-state index contributed by atoms with van der Waals surface area (Å²) < 4.78 is 24.6. The van der Waals surface area contributed by atoms with Gasteiger partial charge in [0.2, 0.25) is 15.9 Å². The molecule has 7 heteroatoms. The molecule has 2 aliphatic rings. The first-order valence-electron chi connectivity index (χ1n) is 7.37. The Morgan fingerprint density at radius 3 is 2.50 bits per heavy atom. The lowest BCUT2D eigenvalue weighted by molar-refractivity contribution is -0.136. The number of carbonyl (C=O) groups excluding carboxylic acids is 1. The molecular weight excluding hydrogens is 278 g/mol. The van der Waals surface area contributed by atoms with E-state index in [2.05, 4.69) is 0 Å². The van der Waals surface area contributed by atoms with Crippen LogP contribution in [0.3, 0.4) is 0 Å². The number of hydrogen-bond donors (Lipinski definition) is 1. The second-order valence-electron chi connectivity index (χ2n) is 5.96. The van der Waals surface area contributed by atoms with Crippen LogP contribution in [0.25, 0.3) is 0 Å². The first-order valence-corrected chi connectivity index (χ1v) is 9.22. The van der Waals surface area contributed by atoms with Crippen molar-refractivity contribution in [2.75, 3.05) is 32.4 Å². The standard InChI is InChI=1S/C13H25N3O3S/c1-20(18,19)16-7-3-6-15(8-9-16)13(17)11-4-2-5-12(14)10-11/h11-12H,2-10,14H2,1H3. The fraction of sp³-hybridized carbons (Fsp3) is 0.923. The van der Waals surface area contributed by atoms with Gasteiger partial charge in [0.05, 0.1) is 6.26 Å². The molecule has 0 spiro atoms. The van der Waals surface area contributed by atoms with Gasteiger partial charge in [-0.25, -0.2) is 12.7 Å². The highest BCUT2D eigenvalue weighted by Crippen LogP contribution is 2.25. The molecule has 1 aliphatic carbocycles. The van der Waals surface area contributed by atoms with Crippen molar-refractivity contribution >= 4 is 15.9 Å². The smallest absolute Gasteiger partial charge is 0.225 e. The minimum absolute atomic E-state index is 0.0310. The average molecular weight is 303 g/mol. The number of carbonyl (C=O) groups is 1. The molecule has 2 rings (SSSR count). The summed E-state index contributed by atoms with van der Waals surface area (Å²) >= 11 is 0. The van der Waals surface area contributed by atoms with Gasteiger partial charge in [0, 0.05) is 38.1 Å². The third-order valence-corrected chi connectivity index (χ3v) is 5.60. The monoisotopic (exact) mass is 303 g/mol. The van der Waals surface area contributed by atoms with E-state index in [4.69, 9.17) is 5.73 Å². The number of hydrogen-bond acceptors (Lipinski definition) is 4. The molecule has 0 aromatic rings. The Hall–Kier alpha value is -0.660. The quantitative estimate of drug-likeness (QED) is 0.778. The van der Waals surface area contributed by atoms with Crippen LogP contribution >= 0.6 is 0 Å². The number of nitrogens with two attached hydrogens (primary N) is 1. The van der Waals surface area contributed by atoms with Crippen LogP contribution < -0.4 is 5.73 Å². The van der Waals surface area contributed by atoms with Gasteiger partial charge >= 0.3 is 0 Å². The van der Waals surface area contributed by atoms with Crippen LogP contribution in [0, 0.1) is 5.92 Å². The highest BCUT2D eigenvalue weighted by Gasteiger charge is 2.30. The number of rotatable bonds is 2. The van der Waals surface area contributed by atoms with Crippen molar-refractivity contribution < 1.29 is 13.2 Å². The van der Waals surface area contributed by atoms with E-state index in [-0.39, 0.29) is 17.9 Å². The Morgan fingerprint density at radius 2 is 1.85 bits per heavy atom. The number of sulfonamides is 1. The summed E-state index contributed by atoms with van der Waals surface area (Å²) in [6.45, 7) is 2.06. The van der Waals surface area contributed by atoms with Crippen molar-refractivity contribution in [1.82, 2.24) is 9.21 Å². The maximum Gasteiger partial charge on any atom is 0.225 e. The van der Waals surface area contributed by atoms with E-state index in [1.54, 1.807) is 0 Å². The van der Waals surface area contributed by atoms with Crippen LogP contribution in [-0.2, 0) is 14.8 Å². The van der Waals surface area contributed by atoms with Crippen LogP contribution in [0.4, 0.5) is 0 Å². The molecule has 0 aromatic heterocycles. The topological polar surface area (TPSA) is 83.7 Å². The molecule has 2 fully saturated rings. The maximum atomic E-state index is 12.5. The SMILES string of the molecule is CS(=O)(=O)N1CCCN(C(=O)C2CCCC(N)C2)CC1. The summed E-state index contributed by atoms with van der Waals surface area (Å²) in [5.41, 5.74) is 5.94. The van der Waals surface area contributed by atoms with Gasteiger partial charge in [-0.05, 0) is 25.7 Å². The average Bonchev–Trinajstić information content (AvgIpc) is 2.63. The summed E-state index contributed by atoms with van der Waals surface area (Å²) in [6, 6.07) is 0.136. The van der Waals surface area contributed by atoms with Crippen LogP contribution in [0.2, 0.25) is 0 Å². The van der Waals surface area contributed by atoms with E-state index in [1.165, 1.54) is 10.6 Å². The van der Waals surface area contributed by atoms with Gasteiger partial charge in [0.1, 0.15) is 0 Å². The molecule has 1 saturated carbocycles. The summed E-state index contributed by atoms with van der Waals surface area (Å²) in [6.07, 6.45) is 5.64. The summed E-state index contributed by atoms with van der Waals surface area (Å²) in [5.74, 6) is 0.194. The normalized spacial score (nSPS) is 30.0. The highest BCUT2D eigenvalue weighted by atomic mass is 32.2.